The normalized spacial score (nSPS) is 12.0. The van der Waals surface area contributed by atoms with E-state index in [2.05, 4.69) is 15.5 Å². The van der Waals surface area contributed by atoms with Crippen LogP contribution < -0.4 is 5.32 Å². The number of aromatic amines is 1. The Labute approximate surface area is 162 Å². The molecule has 1 amide bonds. The molecule has 3 aromatic carbocycles. The van der Waals surface area contributed by atoms with E-state index in [1.807, 2.05) is 54.6 Å². The first-order valence-corrected chi connectivity index (χ1v) is 9.20. The van der Waals surface area contributed by atoms with Crippen molar-refractivity contribution in [2.75, 3.05) is 0 Å². The Balaban J connectivity index is 1.53. The zero-order chi connectivity index (χ0) is 19.3. The first-order valence-electron chi connectivity index (χ1n) is 9.20. The number of aromatic nitrogens is 2. The van der Waals surface area contributed by atoms with E-state index >= 15 is 0 Å². The van der Waals surface area contributed by atoms with E-state index in [1.165, 1.54) is 12.1 Å². The van der Waals surface area contributed by atoms with Crippen molar-refractivity contribution in [3.05, 3.63) is 102 Å². The Kier molecular flexibility index (Phi) is 5.15. The third kappa shape index (κ3) is 4.09. The second-order valence-electron chi connectivity index (χ2n) is 6.76. The topological polar surface area (TPSA) is 57.8 Å². The second kappa shape index (κ2) is 8.05. The molecule has 28 heavy (non-hydrogen) atoms. The van der Waals surface area contributed by atoms with E-state index in [0.717, 1.165) is 27.7 Å². The van der Waals surface area contributed by atoms with Crippen LogP contribution in [0.1, 0.15) is 22.9 Å². The van der Waals surface area contributed by atoms with Crippen molar-refractivity contribution < 1.29 is 9.18 Å². The van der Waals surface area contributed by atoms with Gasteiger partial charge in [0.15, 0.2) is 0 Å². The van der Waals surface area contributed by atoms with Gasteiger partial charge in [-0.05, 0) is 35.7 Å². The number of amides is 1. The number of carbonyl (C=O) groups is 1. The van der Waals surface area contributed by atoms with Crippen LogP contribution in [0.15, 0.2) is 78.9 Å². The highest BCUT2D eigenvalue weighted by atomic mass is 19.1. The summed E-state index contributed by atoms with van der Waals surface area (Å²) in [5.74, 6) is -0.361. The summed E-state index contributed by atoms with van der Waals surface area (Å²) < 4.78 is 13.2. The lowest BCUT2D eigenvalue weighted by Crippen LogP contribution is -2.31. The van der Waals surface area contributed by atoms with Gasteiger partial charge < -0.3 is 5.32 Å². The molecule has 0 spiro atoms. The summed E-state index contributed by atoms with van der Waals surface area (Å²) in [6.45, 7) is 0. The zero-order valence-corrected chi connectivity index (χ0v) is 15.2. The van der Waals surface area contributed by atoms with Gasteiger partial charge >= 0.3 is 0 Å². The zero-order valence-electron chi connectivity index (χ0n) is 15.2. The molecule has 4 nitrogen and oxygen atoms in total. The minimum Gasteiger partial charge on any atom is -0.349 e. The molecule has 4 aromatic rings. The van der Waals surface area contributed by atoms with Crippen LogP contribution in [0.3, 0.4) is 0 Å². The highest BCUT2D eigenvalue weighted by Gasteiger charge is 2.17. The molecule has 1 unspecified atom stereocenters. The predicted molar refractivity (Wildman–Crippen MR) is 107 cm³/mol. The van der Waals surface area contributed by atoms with Crippen molar-refractivity contribution in [3.63, 3.8) is 0 Å². The van der Waals surface area contributed by atoms with Crippen LogP contribution in [-0.2, 0) is 17.6 Å². The molecule has 0 aliphatic rings. The Morgan fingerprint density at radius 3 is 2.46 bits per heavy atom. The summed E-state index contributed by atoms with van der Waals surface area (Å²) in [7, 11) is 0. The molecule has 0 saturated carbocycles. The summed E-state index contributed by atoms with van der Waals surface area (Å²) in [5, 5.41) is 11.3. The number of H-pyrrole nitrogens is 1. The number of hydrogen-bond donors (Lipinski definition) is 2. The lowest BCUT2D eigenvalue weighted by Gasteiger charge is -2.19. The minimum atomic E-state index is -0.268. The predicted octanol–water partition coefficient (Wildman–Crippen LogP) is 4.34. The van der Waals surface area contributed by atoms with Gasteiger partial charge in [0.2, 0.25) is 5.91 Å². The third-order valence-corrected chi connectivity index (χ3v) is 4.77. The van der Waals surface area contributed by atoms with Crippen LogP contribution >= 0.6 is 0 Å². The van der Waals surface area contributed by atoms with E-state index < -0.39 is 0 Å². The SMILES string of the molecule is O=C(Cc1[nH]nc2ccccc12)NC(Cc1ccc(F)cc1)c1ccccc1. The molecule has 0 fully saturated rings. The molecule has 4 rings (SSSR count). The van der Waals surface area contributed by atoms with E-state index in [1.54, 1.807) is 12.1 Å². The van der Waals surface area contributed by atoms with Crippen LogP contribution in [0, 0.1) is 5.82 Å². The Morgan fingerprint density at radius 1 is 0.964 bits per heavy atom. The standard InChI is InChI=1S/C23H20FN3O/c24-18-12-10-16(11-13-18)14-21(17-6-2-1-3-7-17)25-23(28)15-22-19-8-4-5-9-20(19)26-27-22/h1-13,21H,14-15H2,(H,25,28)(H,26,27). The van der Waals surface area contributed by atoms with Crippen molar-refractivity contribution >= 4 is 16.8 Å². The lowest BCUT2D eigenvalue weighted by atomic mass is 9.98. The molecule has 0 bridgehead atoms. The van der Waals surface area contributed by atoms with Crippen LogP contribution in [-0.4, -0.2) is 16.1 Å². The molecule has 0 aliphatic heterocycles. The second-order valence-corrected chi connectivity index (χ2v) is 6.76. The Hall–Kier alpha value is -3.47. The molecule has 0 radical (unpaired) electrons. The first kappa shape index (κ1) is 17.9. The highest BCUT2D eigenvalue weighted by molar-refractivity contribution is 5.87. The maximum absolute atomic E-state index is 13.2. The van der Waals surface area contributed by atoms with Gasteiger partial charge in [-0.15, -0.1) is 0 Å². The molecular weight excluding hydrogens is 353 g/mol. The molecule has 1 heterocycles. The van der Waals surface area contributed by atoms with Gasteiger partial charge in [-0.1, -0.05) is 60.7 Å². The monoisotopic (exact) mass is 373 g/mol. The van der Waals surface area contributed by atoms with Gasteiger partial charge in [-0.3, -0.25) is 9.89 Å². The number of nitrogens with one attached hydrogen (secondary N) is 2. The number of nitrogens with zero attached hydrogens (tertiary/aromatic N) is 1. The molecule has 1 aromatic heterocycles. The Bertz CT molecular complexity index is 1070. The third-order valence-electron chi connectivity index (χ3n) is 4.77. The summed E-state index contributed by atoms with van der Waals surface area (Å²) >= 11 is 0. The average Bonchev–Trinajstić information content (AvgIpc) is 3.13. The quantitative estimate of drug-likeness (QED) is 0.528. The highest BCUT2D eigenvalue weighted by Crippen LogP contribution is 2.20. The average molecular weight is 373 g/mol. The molecular formula is C23H20FN3O. The molecule has 0 aliphatic carbocycles. The van der Waals surface area contributed by atoms with Gasteiger partial charge in [0, 0.05) is 5.39 Å². The van der Waals surface area contributed by atoms with Gasteiger partial charge in [-0.2, -0.15) is 5.10 Å². The van der Waals surface area contributed by atoms with Crippen molar-refractivity contribution in [2.45, 2.75) is 18.9 Å². The number of para-hydroxylation sites is 1. The number of hydrogen-bond acceptors (Lipinski definition) is 2. The minimum absolute atomic E-state index is 0.0923. The van der Waals surface area contributed by atoms with E-state index in [9.17, 15) is 9.18 Å². The number of fused-ring (bicyclic) bond motifs is 1. The van der Waals surface area contributed by atoms with Gasteiger partial charge in [0.25, 0.3) is 0 Å². The number of benzene rings is 3. The van der Waals surface area contributed by atoms with Crippen LogP contribution in [0.4, 0.5) is 4.39 Å². The fraction of sp³-hybridized carbons (Fsp3) is 0.130. The van der Waals surface area contributed by atoms with Crippen molar-refractivity contribution in [1.82, 2.24) is 15.5 Å². The summed E-state index contributed by atoms with van der Waals surface area (Å²) in [6.07, 6.45) is 0.799. The van der Waals surface area contributed by atoms with Gasteiger partial charge in [0.1, 0.15) is 5.82 Å². The lowest BCUT2D eigenvalue weighted by molar-refractivity contribution is -0.121. The smallest absolute Gasteiger partial charge is 0.226 e. The van der Waals surface area contributed by atoms with E-state index in [0.29, 0.717) is 6.42 Å². The molecule has 2 N–H and O–H groups in total. The number of carbonyl (C=O) groups excluding carboxylic acids is 1. The van der Waals surface area contributed by atoms with Crippen LogP contribution in [0.5, 0.6) is 0 Å². The fourth-order valence-electron chi connectivity index (χ4n) is 3.35. The largest absolute Gasteiger partial charge is 0.349 e. The fourth-order valence-corrected chi connectivity index (χ4v) is 3.35. The van der Waals surface area contributed by atoms with Crippen molar-refractivity contribution in [3.8, 4) is 0 Å². The maximum atomic E-state index is 13.2. The van der Waals surface area contributed by atoms with E-state index in [-0.39, 0.29) is 24.2 Å². The van der Waals surface area contributed by atoms with Crippen molar-refractivity contribution in [1.29, 1.82) is 0 Å². The summed E-state index contributed by atoms with van der Waals surface area (Å²) in [4.78, 5) is 12.8. The van der Waals surface area contributed by atoms with E-state index in [4.69, 9.17) is 0 Å². The maximum Gasteiger partial charge on any atom is 0.226 e. The van der Waals surface area contributed by atoms with Crippen LogP contribution in [0.2, 0.25) is 0 Å². The number of halogens is 1. The Morgan fingerprint density at radius 2 is 1.68 bits per heavy atom. The first-order chi connectivity index (χ1) is 13.7. The molecule has 140 valence electrons. The summed E-state index contributed by atoms with van der Waals surface area (Å²) in [5.41, 5.74) is 3.61. The van der Waals surface area contributed by atoms with Gasteiger partial charge in [0.05, 0.1) is 23.7 Å². The van der Waals surface area contributed by atoms with Crippen LogP contribution in [0.25, 0.3) is 10.9 Å². The molecule has 0 saturated heterocycles. The summed E-state index contributed by atoms with van der Waals surface area (Å²) in [6, 6.07) is 23.7. The molecule has 5 heteroatoms. The molecule has 1 atom stereocenters. The van der Waals surface area contributed by atoms with Gasteiger partial charge in [-0.25, -0.2) is 4.39 Å². The van der Waals surface area contributed by atoms with Crippen molar-refractivity contribution in [2.24, 2.45) is 0 Å². The number of rotatable bonds is 6.